The molecule has 134 valence electrons. The van der Waals surface area contributed by atoms with Gasteiger partial charge in [0.15, 0.2) is 0 Å². The average molecular weight is 408 g/mol. The summed E-state index contributed by atoms with van der Waals surface area (Å²) in [7, 11) is 3.61. The van der Waals surface area contributed by atoms with Crippen molar-refractivity contribution in [2.45, 2.75) is 94.0 Å². The lowest BCUT2D eigenvalue weighted by Gasteiger charge is -2.31. The van der Waals surface area contributed by atoms with Crippen molar-refractivity contribution in [1.82, 2.24) is 0 Å². The van der Waals surface area contributed by atoms with Crippen molar-refractivity contribution in [1.29, 1.82) is 0 Å². The number of hydrogen-bond donors (Lipinski definition) is 0. The number of alkyl halides is 3. The number of halogens is 3. The lowest BCUT2D eigenvalue weighted by Crippen LogP contribution is -2.30. The summed E-state index contributed by atoms with van der Waals surface area (Å²) >= 11 is 18.9. The first-order valence-corrected chi connectivity index (χ1v) is 12.3. The molecular weight excluding hydrogens is 375 g/mol. The molecule has 0 bridgehead atoms. The molecule has 22 heavy (non-hydrogen) atoms. The van der Waals surface area contributed by atoms with Crippen LogP contribution in [-0.2, 0) is 0 Å². The fraction of sp³-hybridized carbons (Fsp3) is 1.00. The maximum absolute atomic E-state index is 6.31. The molecule has 0 aliphatic carbocycles. The second-order valence-electron chi connectivity index (χ2n) is 5.92. The molecule has 0 saturated carbocycles. The number of unbranched alkanes of at least 4 members (excludes halogenated alkanes) is 6. The molecule has 0 spiro atoms. The molecule has 5 heteroatoms. The highest BCUT2D eigenvalue weighted by Gasteiger charge is 2.38. The predicted octanol–water partition coefficient (Wildman–Crippen LogP) is 8.68. The normalized spacial score (nSPS) is 13.8. The molecule has 0 nitrogen and oxygen atoms in total. The molecule has 0 heterocycles. The summed E-state index contributed by atoms with van der Waals surface area (Å²) in [5.41, 5.74) is 0. The first kappa shape index (κ1) is 23.6. The van der Waals surface area contributed by atoms with Crippen LogP contribution in [0.2, 0.25) is 0 Å². The molecule has 0 aliphatic rings. The van der Waals surface area contributed by atoms with Crippen LogP contribution in [0.3, 0.4) is 0 Å². The van der Waals surface area contributed by atoms with Gasteiger partial charge in [-0.2, -0.15) is 0 Å². The average Bonchev–Trinajstić information content (AvgIpc) is 2.46. The van der Waals surface area contributed by atoms with Crippen molar-refractivity contribution < 1.29 is 0 Å². The number of rotatable bonds is 14. The molecule has 0 rings (SSSR count). The van der Waals surface area contributed by atoms with Crippen LogP contribution < -0.4 is 0 Å². The third-order valence-electron chi connectivity index (χ3n) is 3.90. The Morgan fingerprint density at radius 2 is 1.27 bits per heavy atom. The van der Waals surface area contributed by atoms with Gasteiger partial charge in [0.1, 0.15) is 0 Å². The fourth-order valence-corrected chi connectivity index (χ4v) is 6.64. The highest BCUT2D eigenvalue weighted by Crippen LogP contribution is 2.48. The predicted molar refractivity (Wildman–Crippen MR) is 111 cm³/mol. The summed E-state index contributed by atoms with van der Waals surface area (Å²) in [6.45, 7) is 6.66. The molecule has 0 amide bonds. The molecule has 0 aromatic carbocycles. The third-order valence-corrected chi connectivity index (χ3v) is 8.05. The molecule has 0 fully saturated rings. The van der Waals surface area contributed by atoms with Gasteiger partial charge in [-0.05, 0) is 18.8 Å². The van der Waals surface area contributed by atoms with Crippen LogP contribution in [0.1, 0.15) is 85.0 Å². The zero-order valence-electron chi connectivity index (χ0n) is 14.4. The Morgan fingerprint density at radius 3 is 1.64 bits per heavy atom. The molecule has 0 saturated heterocycles. The second kappa shape index (κ2) is 14.9. The van der Waals surface area contributed by atoms with Crippen molar-refractivity contribution in [3.05, 3.63) is 0 Å². The zero-order chi connectivity index (χ0) is 16.8. The molecule has 1 atom stereocenters. The van der Waals surface area contributed by atoms with Gasteiger partial charge in [0.05, 0.1) is 5.25 Å². The minimum absolute atomic E-state index is 0.103. The Bertz CT molecular complexity index is 233. The van der Waals surface area contributed by atoms with Crippen molar-refractivity contribution in [2.24, 2.45) is 5.92 Å². The van der Waals surface area contributed by atoms with E-state index >= 15 is 0 Å². The summed E-state index contributed by atoms with van der Waals surface area (Å²) in [5.74, 6) is 1.57. The summed E-state index contributed by atoms with van der Waals surface area (Å²) in [6, 6.07) is 0. The van der Waals surface area contributed by atoms with Crippen molar-refractivity contribution >= 4 is 56.4 Å². The first-order chi connectivity index (χ1) is 10.5. The van der Waals surface area contributed by atoms with Gasteiger partial charge >= 0.3 is 0 Å². The summed E-state index contributed by atoms with van der Waals surface area (Å²) < 4.78 is -1.16. The highest BCUT2D eigenvalue weighted by molar-refractivity contribution is 8.77. The molecular formula is C17H33Cl3S2. The van der Waals surface area contributed by atoms with Gasteiger partial charge in [-0.25, -0.2) is 0 Å². The van der Waals surface area contributed by atoms with Gasteiger partial charge < -0.3 is 0 Å². The van der Waals surface area contributed by atoms with E-state index in [2.05, 4.69) is 20.8 Å². The van der Waals surface area contributed by atoms with E-state index in [1.165, 1.54) is 64.2 Å². The smallest absolute Gasteiger partial charge is 0.0940 e. The summed E-state index contributed by atoms with van der Waals surface area (Å²) in [6.07, 6.45) is 12.7. The van der Waals surface area contributed by atoms with E-state index in [4.69, 9.17) is 34.8 Å². The Morgan fingerprint density at radius 1 is 0.773 bits per heavy atom. The number of hydrogen-bond acceptors (Lipinski definition) is 2. The van der Waals surface area contributed by atoms with Gasteiger partial charge in [0, 0.05) is 5.75 Å². The zero-order valence-corrected chi connectivity index (χ0v) is 18.3. The topological polar surface area (TPSA) is 0 Å². The molecule has 0 aromatic heterocycles. The van der Waals surface area contributed by atoms with E-state index < -0.39 is 3.79 Å². The first-order valence-electron chi connectivity index (χ1n) is 8.82. The Kier molecular flexibility index (Phi) is 15.9. The van der Waals surface area contributed by atoms with E-state index in [-0.39, 0.29) is 5.25 Å². The van der Waals surface area contributed by atoms with Crippen LogP contribution >= 0.6 is 56.4 Å². The second-order valence-corrected chi connectivity index (χ2v) is 11.1. The van der Waals surface area contributed by atoms with E-state index in [1.807, 2.05) is 10.8 Å². The molecule has 0 aliphatic heterocycles. The van der Waals surface area contributed by atoms with Gasteiger partial charge in [-0.1, -0.05) is 129 Å². The Balaban J connectivity index is 4.57. The Labute approximate surface area is 161 Å². The van der Waals surface area contributed by atoms with Gasteiger partial charge in [-0.3, -0.25) is 0 Å². The van der Waals surface area contributed by atoms with Crippen LogP contribution in [0.15, 0.2) is 0 Å². The quantitative estimate of drug-likeness (QED) is 0.160. The maximum atomic E-state index is 6.31. The van der Waals surface area contributed by atoms with Crippen molar-refractivity contribution in [3.63, 3.8) is 0 Å². The van der Waals surface area contributed by atoms with E-state index in [9.17, 15) is 0 Å². The maximum Gasteiger partial charge on any atom is 0.203 e. The third kappa shape index (κ3) is 12.0. The van der Waals surface area contributed by atoms with Crippen LogP contribution in [0.25, 0.3) is 0 Å². The van der Waals surface area contributed by atoms with E-state index in [0.29, 0.717) is 5.92 Å². The van der Waals surface area contributed by atoms with Crippen LogP contribution in [0, 0.1) is 5.92 Å². The van der Waals surface area contributed by atoms with Crippen LogP contribution in [0.5, 0.6) is 0 Å². The molecule has 0 aromatic rings. The van der Waals surface area contributed by atoms with Crippen LogP contribution in [0.4, 0.5) is 0 Å². The van der Waals surface area contributed by atoms with E-state index in [1.54, 1.807) is 10.8 Å². The molecule has 0 radical (unpaired) electrons. The lowest BCUT2D eigenvalue weighted by molar-refractivity contribution is 0.396. The SMILES string of the molecule is CCCCCCC(CCCCCC)[C@@H](SSCC)C(Cl)(Cl)Cl. The summed E-state index contributed by atoms with van der Waals surface area (Å²) in [5, 5.41) is 0.103. The minimum Gasteiger partial charge on any atom is -0.0940 e. The minimum atomic E-state index is -1.16. The van der Waals surface area contributed by atoms with Gasteiger partial charge in [0.2, 0.25) is 3.79 Å². The van der Waals surface area contributed by atoms with E-state index in [0.717, 1.165) is 5.75 Å². The fourth-order valence-electron chi connectivity index (χ4n) is 2.66. The van der Waals surface area contributed by atoms with Gasteiger partial charge in [-0.15, -0.1) is 0 Å². The standard InChI is InChI=1S/C17H33Cl3S2/c1-4-7-9-11-13-15(14-12-10-8-5-2)16(17(18,19)20)22-21-6-3/h15-16H,4-14H2,1-3H3/t16-/m1/s1. The monoisotopic (exact) mass is 406 g/mol. The molecule has 0 N–H and O–H groups in total. The Hall–Kier alpha value is 1.57. The van der Waals surface area contributed by atoms with Gasteiger partial charge in [0.25, 0.3) is 0 Å². The lowest BCUT2D eigenvalue weighted by atomic mass is 9.92. The highest BCUT2D eigenvalue weighted by atomic mass is 35.6. The van der Waals surface area contributed by atoms with Crippen molar-refractivity contribution in [3.8, 4) is 0 Å². The van der Waals surface area contributed by atoms with Crippen LogP contribution in [-0.4, -0.2) is 14.8 Å². The van der Waals surface area contributed by atoms with Crippen molar-refractivity contribution in [2.75, 3.05) is 5.75 Å². The largest absolute Gasteiger partial charge is 0.203 e. The summed E-state index contributed by atoms with van der Waals surface area (Å²) in [4.78, 5) is 0. The molecule has 0 unspecified atom stereocenters.